The third kappa shape index (κ3) is 4.06. The van der Waals surface area contributed by atoms with Crippen molar-refractivity contribution in [1.29, 1.82) is 0 Å². The summed E-state index contributed by atoms with van der Waals surface area (Å²) in [6, 6.07) is 13.1. The summed E-state index contributed by atoms with van der Waals surface area (Å²) in [4.78, 5) is 28.9. The van der Waals surface area contributed by atoms with Crippen molar-refractivity contribution in [3.05, 3.63) is 88.5 Å². The maximum Gasteiger partial charge on any atom is 0.254 e. The molecular weight excluding hydrogens is 466 g/mol. The topological polar surface area (TPSA) is 67.9 Å². The van der Waals surface area contributed by atoms with Crippen LogP contribution < -0.4 is 14.8 Å². The summed E-state index contributed by atoms with van der Waals surface area (Å²) in [6.45, 7) is 5.06. The molecule has 1 N–H and O–H groups in total. The number of nitrogens with one attached hydrogen (secondary N) is 1. The van der Waals surface area contributed by atoms with Crippen LogP contribution in [0.3, 0.4) is 0 Å². The lowest BCUT2D eigenvalue weighted by atomic mass is 9.75. The number of carbonyl (C=O) groups is 2. The Morgan fingerprint density at radius 3 is 2.44 bits per heavy atom. The Hall–Kier alpha value is -3.94. The zero-order chi connectivity index (χ0) is 25.4. The van der Waals surface area contributed by atoms with Gasteiger partial charge < -0.3 is 19.7 Å². The number of hydrogen-bond acceptors (Lipinski definition) is 4. The van der Waals surface area contributed by atoms with Gasteiger partial charge in [-0.15, -0.1) is 0 Å². The molecule has 186 valence electrons. The Bertz CT molecular complexity index is 1340. The fourth-order valence-corrected chi connectivity index (χ4v) is 5.16. The van der Waals surface area contributed by atoms with E-state index in [1.165, 1.54) is 6.07 Å². The van der Waals surface area contributed by atoms with Crippen LogP contribution in [0.25, 0.3) is 0 Å². The number of nitrogens with zero attached hydrogens (tertiary/aromatic N) is 1. The second kappa shape index (κ2) is 9.60. The largest absolute Gasteiger partial charge is 0.490 e. The van der Waals surface area contributed by atoms with Gasteiger partial charge in [0, 0.05) is 18.2 Å². The van der Waals surface area contributed by atoms with Gasteiger partial charge in [-0.3, -0.25) is 9.59 Å². The fourth-order valence-electron chi connectivity index (χ4n) is 5.16. The van der Waals surface area contributed by atoms with Crippen LogP contribution in [0.5, 0.6) is 11.5 Å². The number of halogens is 2. The molecule has 2 amide bonds. The standard InChI is InChI=1S/C28H26F2N2O4/c1-3-35-23-13-16-11-12-32-26(20(16)15-24(23)36-4-2)25(18-7-5-6-8-19(18)28(32)34)27(33)31-22-10-9-17(29)14-21(22)30/h5-10,13-15,25-26H,3-4,11-12H2,1-2H3,(H,31,33)/t25-,26+/m1/s1. The monoisotopic (exact) mass is 492 g/mol. The van der Waals surface area contributed by atoms with Crippen molar-refractivity contribution in [2.45, 2.75) is 32.2 Å². The first-order valence-electron chi connectivity index (χ1n) is 12.0. The minimum Gasteiger partial charge on any atom is -0.490 e. The molecule has 0 unspecified atom stereocenters. The second-order valence-electron chi connectivity index (χ2n) is 8.74. The predicted molar refractivity (Wildman–Crippen MR) is 130 cm³/mol. The van der Waals surface area contributed by atoms with Crippen LogP contribution >= 0.6 is 0 Å². The SMILES string of the molecule is CCOc1cc2c(cc1OCC)[C@H]1[C@H](C(=O)Nc3ccc(F)cc3F)c3ccccc3C(=O)N1CC2. The number of amides is 2. The molecule has 5 rings (SSSR count). The number of anilines is 1. The quantitative estimate of drug-likeness (QED) is 0.511. The smallest absolute Gasteiger partial charge is 0.254 e. The molecule has 0 radical (unpaired) electrons. The first kappa shape index (κ1) is 23.8. The summed E-state index contributed by atoms with van der Waals surface area (Å²) in [7, 11) is 0. The summed E-state index contributed by atoms with van der Waals surface area (Å²) in [5, 5.41) is 2.62. The molecule has 2 atom stereocenters. The Kier molecular flexibility index (Phi) is 6.35. The van der Waals surface area contributed by atoms with E-state index in [1.54, 1.807) is 29.2 Å². The van der Waals surface area contributed by atoms with Crippen molar-refractivity contribution in [3.8, 4) is 11.5 Å². The minimum absolute atomic E-state index is 0.125. The van der Waals surface area contributed by atoms with Gasteiger partial charge >= 0.3 is 0 Å². The van der Waals surface area contributed by atoms with Gasteiger partial charge in [0.1, 0.15) is 11.6 Å². The number of benzene rings is 3. The van der Waals surface area contributed by atoms with Gasteiger partial charge in [-0.2, -0.15) is 0 Å². The van der Waals surface area contributed by atoms with Crippen LogP contribution in [-0.2, 0) is 11.2 Å². The minimum atomic E-state index is -0.871. The molecule has 3 aromatic rings. The third-order valence-electron chi connectivity index (χ3n) is 6.66. The molecule has 36 heavy (non-hydrogen) atoms. The highest BCUT2D eigenvalue weighted by atomic mass is 19.1. The zero-order valence-corrected chi connectivity index (χ0v) is 20.0. The Morgan fingerprint density at radius 2 is 1.72 bits per heavy atom. The Balaban J connectivity index is 1.64. The predicted octanol–water partition coefficient (Wildman–Crippen LogP) is 5.24. The summed E-state index contributed by atoms with van der Waals surface area (Å²) < 4.78 is 39.5. The van der Waals surface area contributed by atoms with Gasteiger partial charge in [0.15, 0.2) is 11.5 Å². The van der Waals surface area contributed by atoms with E-state index in [4.69, 9.17) is 9.47 Å². The zero-order valence-electron chi connectivity index (χ0n) is 20.0. The highest BCUT2D eigenvalue weighted by molar-refractivity contribution is 6.04. The van der Waals surface area contributed by atoms with E-state index in [0.29, 0.717) is 48.8 Å². The van der Waals surface area contributed by atoms with E-state index < -0.39 is 29.5 Å². The first-order chi connectivity index (χ1) is 17.4. The molecule has 2 heterocycles. The maximum absolute atomic E-state index is 14.4. The van der Waals surface area contributed by atoms with E-state index in [9.17, 15) is 18.4 Å². The molecule has 0 saturated carbocycles. The maximum atomic E-state index is 14.4. The van der Waals surface area contributed by atoms with E-state index >= 15 is 0 Å². The van der Waals surface area contributed by atoms with Gasteiger partial charge in [0.25, 0.3) is 5.91 Å². The normalized spacial score (nSPS) is 18.1. The van der Waals surface area contributed by atoms with Crippen molar-refractivity contribution in [3.63, 3.8) is 0 Å². The number of rotatable bonds is 6. The van der Waals surface area contributed by atoms with Crippen LogP contribution in [0.4, 0.5) is 14.5 Å². The van der Waals surface area contributed by atoms with Gasteiger partial charge in [-0.05, 0) is 67.3 Å². The summed E-state index contributed by atoms with van der Waals surface area (Å²) in [5.41, 5.74) is 2.62. The molecule has 0 saturated heterocycles. The van der Waals surface area contributed by atoms with Crippen LogP contribution in [0, 0.1) is 11.6 Å². The Morgan fingerprint density at radius 1 is 1.00 bits per heavy atom. The number of hydrogen-bond donors (Lipinski definition) is 1. The van der Waals surface area contributed by atoms with Gasteiger partial charge in [0.05, 0.1) is 30.9 Å². The molecule has 6 nitrogen and oxygen atoms in total. The van der Waals surface area contributed by atoms with E-state index in [1.807, 2.05) is 26.0 Å². The number of ether oxygens (including phenoxy) is 2. The summed E-state index contributed by atoms with van der Waals surface area (Å²) >= 11 is 0. The first-order valence-corrected chi connectivity index (χ1v) is 12.0. The highest BCUT2D eigenvalue weighted by Gasteiger charge is 2.46. The summed E-state index contributed by atoms with van der Waals surface area (Å²) in [6.07, 6.45) is 0.590. The molecule has 0 bridgehead atoms. The lowest BCUT2D eigenvalue weighted by molar-refractivity contribution is -0.119. The highest BCUT2D eigenvalue weighted by Crippen LogP contribution is 2.48. The molecular formula is C28H26F2N2O4. The number of carbonyl (C=O) groups excluding carboxylic acids is 2. The van der Waals surface area contributed by atoms with E-state index in [-0.39, 0.29) is 11.6 Å². The van der Waals surface area contributed by atoms with Gasteiger partial charge in [0.2, 0.25) is 5.91 Å². The van der Waals surface area contributed by atoms with Crippen molar-refractivity contribution in [1.82, 2.24) is 4.90 Å². The van der Waals surface area contributed by atoms with Crippen molar-refractivity contribution >= 4 is 17.5 Å². The van der Waals surface area contributed by atoms with Gasteiger partial charge in [-0.1, -0.05) is 18.2 Å². The third-order valence-corrected chi connectivity index (χ3v) is 6.66. The van der Waals surface area contributed by atoms with E-state index in [2.05, 4.69) is 5.32 Å². The molecule has 0 spiro atoms. The van der Waals surface area contributed by atoms with Crippen LogP contribution in [0.15, 0.2) is 54.6 Å². The van der Waals surface area contributed by atoms with Crippen LogP contribution in [-0.4, -0.2) is 36.5 Å². The lowest BCUT2D eigenvalue weighted by Crippen LogP contribution is -2.49. The Labute approximate surface area is 207 Å². The van der Waals surface area contributed by atoms with Crippen molar-refractivity contribution in [2.75, 3.05) is 25.1 Å². The number of fused-ring (bicyclic) bond motifs is 4. The molecule has 2 aliphatic rings. The van der Waals surface area contributed by atoms with Crippen LogP contribution in [0.2, 0.25) is 0 Å². The summed E-state index contributed by atoms with van der Waals surface area (Å²) in [5.74, 6) is -1.93. The molecule has 3 aromatic carbocycles. The molecule has 2 aliphatic heterocycles. The molecule has 8 heteroatoms. The average Bonchev–Trinajstić information content (AvgIpc) is 2.86. The molecule has 0 aromatic heterocycles. The molecule has 0 aliphatic carbocycles. The molecule has 0 fully saturated rings. The van der Waals surface area contributed by atoms with Crippen molar-refractivity contribution < 1.29 is 27.8 Å². The fraction of sp³-hybridized carbons (Fsp3) is 0.286. The average molecular weight is 493 g/mol. The van der Waals surface area contributed by atoms with Gasteiger partial charge in [-0.25, -0.2) is 8.78 Å². The van der Waals surface area contributed by atoms with E-state index in [0.717, 1.165) is 23.3 Å². The second-order valence-corrected chi connectivity index (χ2v) is 8.74. The lowest BCUT2D eigenvalue weighted by Gasteiger charge is -2.45. The van der Waals surface area contributed by atoms with Crippen LogP contribution in [0.1, 0.15) is 52.9 Å². The van der Waals surface area contributed by atoms with Crippen molar-refractivity contribution in [2.24, 2.45) is 0 Å².